The summed E-state index contributed by atoms with van der Waals surface area (Å²) >= 11 is 0. The lowest BCUT2D eigenvalue weighted by atomic mass is 10.0. The first-order valence-corrected chi connectivity index (χ1v) is 10.2. The van der Waals surface area contributed by atoms with Gasteiger partial charge in [0.1, 0.15) is 5.70 Å². The van der Waals surface area contributed by atoms with E-state index in [0.717, 1.165) is 17.0 Å². The largest absolute Gasteiger partial charge is 0.416 e. The molecule has 3 amide bonds. The SMILES string of the molecule is CC(=O)Nc1ccc(C2=C(Nc3cccc(C(F)(F)F)c3)C(=O)N(c3ccccc3)C2=O)cc1. The molecule has 0 radical (unpaired) electrons. The Morgan fingerprint density at radius 2 is 1.50 bits per heavy atom. The fourth-order valence-electron chi connectivity index (χ4n) is 3.57. The van der Waals surface area contributed by atoms with Crippen LogP contribution in [0, 0.1) is 0 Å². The first kappa shape index (κ1) is 22.8. The van der Waals surface area contributed by atoms with Crippen LogP contribution < -0.4 is 15.5 Å². The van der Waals surface area contributed by atoms with Crippen molar-refractivity contribution < 1.29 is 27.6 Å². The van der Waals surface area contributed by atoms with Gasteiger partial charge in [0.05, 0.1) is 16.8 Å². The fraction of sp³-hybridized carbons (Fsp3) is 0.0800. The third-order valence-electron chi connectivity index (χ3n) is 5.05. The van der Waals surface area contributed by atoms with Crippen molar-refractivity contribution in [3.63, 3.8) is 0 Å². The maximum Gasteiger partial charge on any atom is 0.416 e. The van der Waals surface area contributed by atoms with Gasteiger partial charge in [-0.15, -0.1) is 0 Å². The normalized spacial score (nSPS) is 13.9. The van der Waals surface area contributed by atoms with Crippen LogP contribution in [-0.4, -0.2) is 17.7 Å². The predicted molar refractivity (Wildman–Crippen MR) is 122 cm³/mol. The Morgan fingerprint density at radius 3 is 2.12 bits per heavy atom. The minimum atomic E-state index is -4.57. The topological polar surface area (TPSA) is 78.5 Å². The summed E-state index contributed by atoms with van der Waals surface area (Å²) in [6.07, 6.45) is -4.57. The van der Waals surface area contributed by atoms with E-state index in [-0.39, 0.29) is 22.9 Å². The Balaban J connectivity index is 1.79. The van der Waals surface area contributed by atoms with Gasteiger partial charge in [0, 0.05) is 18.3 Å². The van der Waals surface area contributed by atoms with Crippen molar-refractivity contribution in [3.8, 4) is 0 Å². The van der Waals surface area contributed by atoms with Gasteiger partial charge in [-0.25, -0.2) is 4.90 Å². The van der Waals surface area contributed by atoms with E-state index in [0.29, 0.717) is 16.9 Å². The zero-order chi connectivity index (χ0) is 24.5. The highest BCUT2D eigenvalue weighted by molar-refractivity contribution is 6.46. The van der Waals surface area contributed by atoms with Crippen molar-refractivity contribution in [1.82, 2.24) is 0 Å². The summed E-state index contributed by atoms with van der Waals surface area (Å²) in [4.78, 5) is 38.9. The van der Waals surface area contributed by atoms with Crippen LogP contribution in [0.15, 0.2) is 84.6 Å². The molecule has 4 rings (SSSR count). The average molecular weight is 465 g/mol. The summed E-state index contributed by atoms with van der Waals surface area (Å²) < 4.78 is 39.5. The predicted octanol–water partition coefficient (Wildman–Crippen LogP) is 5.06. The number of nitrogens with zero attached hydrogens (tertiary/aromatic N) is 1. The number of nitrogens with one attached hydrogen (secondary N) is 2. The quantitative estimate of drug-likeness (QED) is 0.517. The van der Waals surface area contributed by atoms with Gasteiger partial charge >= 0.3 is 6.18 Å². The van der Waals surface area contributed by atoms with Crippen LogP contribution in [0.2, 0.25) is 0 Å². The number of carbonyl (C=O) groups is 3. The van der Waals surface area contributed by atoms with Crippen LogP contribution in [0.5, 0.6) is 0 Å². The molecule has 0 spiro atoms. The summed E-state index contributed by atoms with van der Waals surface area (Å²) in [6, 6.07) is 18.8. The molecule has 1 aliphatic heterocycles. The lowest BCUT2D eigenvalue weighted by molar-refractivity contribution is -0.137. The van der Waals surface area contributed by atoms with Crippen molar-refractivity contribution in [2.24, 2.45) is 0 Å². The summed E-state index contributed by atoms with van der Waals surface area (Å²) in [5, 5.41) is 5.34. The van der Waals surface area contributed by atoms with Crippen LogP contribution in [0.4, 0.5) is 30.2 Å². The fourth-order valence-corrected chi connectivity index (χ4v) is 3.57. The van der Waals surface area contributed by atoms with Crippen molar-refractivity contribution in [2.45, 2.75) is 13.1 Å². The molecule has 2 N–H and O–H groups in total. The van der Waals surface area contributed by atoms with Gasteiger partial charge in [-0.1, -0.05) is 36.4 Å². The second-order valence-electron chi connectivity index (χ2n) is 7.49. The number of hydrogen-bond donors (Lipinski definition) is 2. The lowest BCUT2D eigenvalue weighted by Gasteiger charge is -2.15. The first-order chi connectivity index (χ1) is 16.1. The molecule has 6 nitrogen and oxygen atoms in total. The van der Waals surface area contributed by atoms with Crippen molar-refractivity contribution in [3.05, 3.63) is 95.7 Å². The molecule has 0 unspecified atom stereocenters. The lowest BCUT2D eigenvalue weighted by Crippen LogP contribution is -2.32. The Hall–Kier alpha value is -4.40. The van der Waals surface area contributed by atoms with Gasteiger partial charge in [0.15, 0.2) is 0 Å². The number of hydrogen-bond acceptors (Lipinski definition) is 4. The second-order valence-corrected chi connectivity index (χ2v) is 7.49. The maximum absolute atomic E-state index is 13.4. The number of rotatable bonds is 5. The molecule has 1 aliphatic rings. The van der Waals surface area contributed by atoms with Gasteiger partial charge in [0.25, 0.3) is 11.8 Å². The van der Waals surface area contributed by atoms with E-state index < -0.39 is 23.6 Å². The second kappa shape index (κ2) is 8.86. The molecular formula is C25H18F3N3O3. The Labute approximate surface area is 192 Å². The van der Waals surface area contributed by atoms with Crippen molar-refractivity contribution >= 4 is 40.4 Å². The van der Waals surface area contributed by atoms with Crippen LogP contribution in [0.1, 0.15) is 18.1 Å². The van der Waals surface area contributed by atoms with Crippen LogP contribution >= 0.6 is 0 Å². The molecule has 34 heavy (non-hydrogen) atoms. The highest BCUT2D eigenvalue weighted by Gasteiger charge is 2.40. The van der Waals surface area contributed by atoms with E-state index in [9.17, 15) is 27.6 Å². The zero-order valence-corrected chi connectivity index (χ0v) is 17.8. The molecule has 0 aromatic heterocycles. The molecule has 3 aromatic carbocycles. The summed E-state index contributed by atoms with van der Waals surface area (Å²) in [5.74, 6) is -1.60. The van der Waals surface area contributed by atoms with Gasteiger partial charge in [0.2, 0.25) is 5.91 Å². The molecule has 0 fully saturated rings. The summed E-state index contributed by atoms with van der Waals surface area (Å²) in [5.41, 5.74) is 0.136. The number of anilines is 3. The third-order valence-corrected chi connectivity index (χ3v) is 5.05. The number of benzene rings is 3. The van der Waals surface area contributed by atoms with Gasteiger partial charge in [-0.3, -0.25) is 14.4 Å². The molecular weight excluding hydrogens is 447 g/mol. The van der Waals surface area contributed by atoms with Crippen molar-refractivity contribution in [1.29, 1.82) is 0 Å². The minimum Gasteiger partial charge on any atom is -0.350 e. The van der Waals surface area contributed by atoms with Crippen LogP contribution in [-0.2, 0) is 20.6 Å². The van der Waals surface area contributed by atoms with E-state index in [1.807, 2.05) is 0 Å². The molecule has 172 valence electrons. The summed E-state index contributed by atoms with van der Waals surface area (Å²) in [7, 11) is 0. The molecule has 1 heterocycles. The zero-order valence-electron chi connectivity index (χ0n) is 17.8. The maximum atomic E-state index is 13.4. The smallest absolute Gasteiger partial charge is 0.350 e. The average Bonchev–Trinajstić information content (AvgIpc) is 3.03. The first-order valence-electron chi connectivity index (χ1n) is 10.2. The highest BCUT2D eigenvalue weighted by Crippen LogP contribution is 2.35. The van der Waals surface area contributed by atoms with E-state index in [1.54, 1.807) is 54.6 Å². The summed E-state index contributed by atoms with van der Waals surface area (Å²) in [6.45, 7) is 1.35. The van der Waals surface area contributed by atoms with E-state index in [1.165, 1.54) is 19.1 Å². The molecule has 9 heteroatoms. The molecule has 3 aromatic rings. The molecule has 0 atom stereocenters. The van der Waals surface area contributed by atoms with E-state index >= 15 is 0 Å². The number of carbonyl (C=O) groups excluding carboxylic acids is 3. The molecule has 0 bridgehead atoms. The molecule has 0 saturated heterocycles. The van der Waals surface area contributed by atoms with E-state index in [2.05, 4.69) is 10.6 Å². The van der Waals surface area contributed by atoms with Gasteiger partial charge < -0.3 is 10.6 Å². The van der Waals surface area contributed by atoms with Gasteiger partial charge in [-0.2, -0.15) is 13.2 Å². The number of para-hydroxylation sites is 1. The van der Waals surface area contributed by atoms with E-state index in [4.69, 9.17) is 0 Å². The van der Waals surface area contributed by atoms with Crippen LogP contribution in [0.3, 0.4) is 0 Å². The van der Waals surface area contributed by atoms with Gasteiger partial charge in [-0.05, 0) is 48.0 Å². The molecule has 0 saturated carbocycles. The Kier molecular flexibility index (Phi) is 5.93. The number of amides is 3. The number of halogens is 3. The highest BCUT2D eigenvalue weighted by atomic mass is 19.4. The molecule has 0 aliphatic carbocycles. The van der Waals surface area contributed by atoms with Crippen LogP contribution in [0.25, 0.3) is 5.57 Å². The monoisotopic (exact) mass is 465 g/mol. The number of alkyl halides is 3. The third kappa shape index (κ3) is 4.54. The Bertz CT molecular complexity index is 1300. The Morgan fingerprint density at radius 1 is 0.824 bits per heavy atom. The van der Waals surface area contributed by atoms with Crippen molar-refractivity contribution in [2.75, 3.05) is 15.5 Å². The standard InChI is InChI=1S/C25H18F3N3O3/c1-15(32)29-18-12-10-16(11-13-18)21-22(30-19-7-5-6-17(14-19)25(26,27)28)24(34)31(23(21)33)20-8-3-2-4-9-20/h2-14,30H,1H3,(H,29,32). The minimum absolute atomic E-state index is 0.000592. The number of imide groups is 1.